The first kappa shape index (κ1) is 13.9. The van der Waals surface area contributed by atoms with Gasteiger partial charge in [0.05, 0.1) is 5.71 Å². The number of ether oxygens (including phenoxy) is 3. The van der Waals surface area contributed by atoms with Gasteiger partial charge >= 0.3 is 0 Å². The van der Waals surface area contributed by atoms with Crippen molar-refractivity contribution in [1.29, 1.82) is 0 Å². The van der Waals surface area contributed by atoms with Gasteiger partial charge < -0.3 is 19.4 Å². The summed E-state index contributed by atoms with van der Waals surface area (Å²) in [5, 5.41) is 12.8. The van der Waals surface area contributed by atoms with Crippen molar-refractivity contribution in [3.63, 3.8) is 0 Å². The summed E-state index contributed by atoms with van der Waals surface area (Å²) >= 11 is 0. The largest absolute Gasteiger partial charge is 0.486 e. The van der Waals surface area contributed by atoms with Crippen molar-refractivity contribution >= 4 is 5.71 Å². The van der Waals surface area contributed by atoms with E-state index in [1.54, 1.807) is 0 Å². The van der Waals surface area contributed by atoms with Gasteiger partial charge in [0.25, 0.3) is 0 Å². The topological polar surface area (TPSA) is 60.3 Å². The van der Waals surface area contributed by atoms with Crippen LogP contribution in [0.2, 0.25) is 0 Å². The van der Waals surface area contributed by atoms with E-state index in [0.29, 0.717) is 25.3 Å². The quantitative estimate of drug-likeness (QED) is 0.647. The summed E-state index contributed by atoms with van der Waals surface area (Å²) in [5.74, 6) is 2.21. The number of aryl methyl sites for hydroxylation is 1. The maximum absolute atomic E-state index is 9.37. The van der Waals surface area contributed by atoms with Crippen LogP contribution in [0.15, 0.2) is 41.6 Å². The molecule has 0 saturated carbocycles. The number of fused-ring (bicyclic) bond motifs is 2. The van der Waals surface area contributed by atoms with E-state index in [1.807, 2.05) is 43.3 Å². The predicted octanol–water partition coefficient (Wildman–Crippen LogP) is 3.47. The molecule has 4 rings (SSSR count). The van der Waals surface area contributed by atoms with Crippen LogP contribution in [0.3, 0.4) is 0 Å². The summed E-state index contributed by atoms with van der Waals surface area (Å²) in [4.78, 5) is 0. The number of oxime groups is 1. The van der Waals surface area contributed by atoms with Gasteiger partial charge in [0.2, 0.25) is 0 Å². The van der Waals surface area contributed by atoms with Gasteiger partial charge in [0, 0.05) is 12.0 Å². The SMILES string of the molecule is Cc1ccc2c(c1)/C(=N\O)C[C@H](c1ccc3c(c1)OCCO3)O2. The van der Waals surface area contributed by atoms with E-state index in [-0.39, 0.29) is 6.10 Å². The Hall–Kier alpha value is -2.69. The molecule has 0 spiro atoms. The number of benzene rings is 2. The lowest BCUT2D eigenvalue weighted by molar-refractivity contribution is 0.169. The van der Waals surface area contributed by atoms with Gasteiger partial charge in [0.1, 0.15) is 25.1 Å². The number of hydrogen-bond acceptors (Lipinski definition) is 5. The molecule has 2 aromatic rings. The molecule has 0 amide bonds. The van der Waals surface area contributed by atoms with Crippen LogP contribution in [0, 0.1) is 6.92 Å². The average Bonchev–Trinajstić information content (AvgIpc) is 2.60. The summed E-state index contributed by atoms with van der Waals surface area (Å²) in [6.07, 6.45) is 0.291. The Labute approximate surface area is 134 Å². The minimum Gasteiger partial charge on any atom is -0.486 e. The van der Waals surface area contributed by atoms with Crippen LogP contribution >= 0.6 is 0 Å². The van der Waals surface area contributed by atoms with Crippen molar-refractivity contribution in [2.75, 3.05) is 13.2 Å². The summed E-state index contributed by atoms with van der Waals surface area (Å²) in [5.41, 5.74) is 3.56. The zero-order valence-corrected chi connectivity index (χ0v) is 12.8. The standard InChI is InChI=1S/C18H17NO4/c1-11-2-4-15-13(8-11)14(19-20)10-17(23-15)12-3-5-16-18(9-12)22-7-6-21-16/h2-5,8-9,17,20H,6-7,10H2,1H3/b19-14-/t17-/m1/s1. The Balaban J connectivity index is 1.70. The predicted molar refractivity (Wildman–Crippen MR) is 84.9 cm³/mol. The maximum Gasteiger partial charge on any atom is 0.161 e. The Bertz CT molecular complexity index is 785. The molecule has 118 valence electrons. The normalized spacial score (nSPS) is 20.7. The van der Waals surface area contributed by atoms with Gasteiger partial charge in [0.15, 0.2) is 11.5 Å². The minimum atomic E-state index is -0.216. The van der Waals surface area contributed by atoms with Crippen LogP contribution in [-0.4, -0.2) is 24.1 Å². The first-order valence-electron chi connectivity index (χ1n) is 7.63. The van der Waals surface area contributed by atoms with Crippen LogP contribution in [0.1, 0.15) is 29.2 Å². The number of hydrogen-bond donors (Lipinski definition) is 1. The second-order valence-corrected chi connectivity index (χ2v) is 5.76. The third-order valence-corrected chi connectivity index (χ3v) is 4.15. The Morgan fingerprint density at radius 3 is 2.61 bits per heavy atom. The van der Waals surface area contributed by atoms with Crippen LogP contribution in [0.25, 0.3) is 0 Å². The fourth-order valence-corrected chi connectivity index (χ4v) is 2.99. The Morgan fingerprint density at radius 2 is 1.78 bits per heavy atom. The molecule has 5 nitrogen and oxygen atoms in total. The summed E-state index contributed by atoms with van der Waals surface area (Å²) in [7, 11) is 0. The third-order valence-electron chi connectivity index (χ3n) is 4.15. The average molecular weight is 311 g/mol. The molecule has 0 bridgehead atoms. The molecule has 2 heterocycles. The molecule has 2 aromatic carbocycles. The molecular weight excluding hydrogens is 294 g/mol. The number of rotatable bonds is 1. The molecule has 0 unspecified atom stereocenters. The van der Waals surface area contributed by atoms with E-state index in [9.17, 15) is 5.21 Å². The first-order valence-corrected chi connectivity index (χ1v) is 7.63. The molecular formula is C18H17NO4. The van der Waals surface area contributed by atoms with Crippen LogP contribution < -0.4 is 14.2 Å². The van der Waals surface area contributed by atoms with Crippen molar-refractivity contribution in [2.45, 2.75) is 19.4 Å². The lowest BCUT2D eigenvalue weighted by atomic mass is 9.94. The van der Waals surface area contributed by atoms with E-state index in [0.717, 1.165) is 33.9 Å². The van der Waals surface area contributed by atoms with E-state index in [4.69, 9.17) is 14.2 Å². The summed E-state index contributed by atoms with van der Waals surface area (Å²) in [6, 6.07) is 11.7. The smallest absolute Gasteiger partial charge is 0.161 e. The van der Waals surface area contributed by atoms with Gasteiger partial charge in [-0.3, -0.25) is 0 Å². The highest BCUT2D eigenvalue weighted by Crippen LogP contribution is 2.39. The minimum absolute atomic E-state index is 0.216. The lowest BCUT2D eigenvalue weighted by Crippen LogP contribution is -2.22. The molecule has 23 heavy (non-hydrogen) atoms. The number of nitrogens with zero attached hydrogens (tertiary/aromatic N) is 1. The van der Waals surface area contributed by atoms with Gasteiger partial charge in [-0.15, -0.1) is 0 Å². The first-order chi connectivity index (χ1) is 11.2. The molecule has 1 N–H and O–H groups in total. The second-order valence-electron chi connectivity index (χ2n) is 5.76. The second kappa shape index (κ2) is 5.50. The molecule has 0 aliphatic carbocycles. The summed E-state index contributed by atoms with van der Waals surface area (Å²) < 4.78 is 17.3. The molecule has 5 heteroatoms. The van der Waals surface area contributed by atoms with E-state index in [2.05, 4.69) is 5.16 Å². The fourth-order valence-electron chi connectivity index (χ4n) is 2.99. The van der Waals surface area contributed by atoms with Crippen molar-refractivity contribution in [3.8, 4) is 17.2 Å². The lowest BCUT2D eigenvalue weighted by Gasteiger charge is -2.28. The molecule has 0 fully saturated rings. The van der Waals surface area contributed by atoms with Crippen LogP contribution in [0.4, 0.5) is 0 Å². The van der Waals surface area contributed by atoms with Crippen molar-refractivity contribution in [1.82, 2.24) is 0 Å². The molecule has 1 atom stereocenters. The van der Waals surface area contributed by atoms with Crippen molar-refractivity contribution in [2.24, 2.45) is 5.16 Å². The zero-order valence-electron chi connectivity index (χ0n) is 12.8. The van der Waals surface area contributed by atoms with Gasteiger partial charge in [-0.25, -0.2) is 0 Å². The third kappa shape index (κ3) is 2.48. The Morgan fingerprint density at radius 1 is 1.00 bits per heavy atom. The van der Waals surface area contributed by atoms with E-state index < -0.39 is 0 Å². The maximum atomic E-state index is 9.37. The summed E-state index contributed by atoms with van der Waals surface area (Å²) in [6.45, 7) is 3.12. The van der Waals surface area contributed by atoms with Crippen molar-refractivity contribution in [3.05, 3.63) is 53.1 Å². The van der Waals surface area contributed by atoms with Crippen LogP contribution in [-0.2, 0) is 0 Å². The highest BCUT2D eigenvalue weighted by Gasteiger charge is 2.28. The van der Waals surface area contributed by atoms with Gasteiger partial charge in [-0.2, -0.15) is 0 Å². The monoisotopic (exact) mass is 311 g/mol. The zero-order chi connectivity index (χ0) is 15.8. The Kier molecular flexibility index (Phi) is 3.33. The fraction of sp³-hybridized carbons (Fsp3) is 0.278. The molecule has 0 radical (unpaired) electrons. The molecule has 2 aliphatic heterocycles. The molecule has 2 aliphatic rings. The van der Waals surface area contributed by atoms with E-state index in [1.165, 1.54) is 0 Å². The van der Waals surface area contributed by atoms with Gasteiger partial charge in [-0.1, -0.05) is 22.9 Å². The highest BCUT2D eigenvalue weighted by molar-refractivity contribution is 6.03. The molecule has 0 saturated heterocycles. The van der Waals surface area contributed by atoms with Crippen molar-refractivity contribution < 1.29 is 19.4 Å². The highest BCUT2D eigenvalue weighted by atomic mass is 16.6. The van der Waals surface area contributed by atoms with Gasteiger partial charge in [-0.05, 0) is 36.8 Å². The molecule has 0 aromatic heterocycles. The van der Waals surface area contributed by atoms with Crippen LogP contribution in [0.5, 0.6) is 17.2 Å². The van der Waals surface area contributed by atoms with E-state index >= 15 is 0 Å².